The first-order valence-corrected chi connectivity index (χ1v) is 7.21. The molecule has 0 rings (SSSR count). The lowest BCUT2D eigenvalue weighted by Gasteiger charge is -2.10. The van der Waals surface area contributed by atoms with Gasteiger partial charge in [0.25, 0.3) is 0 Å². The Morgan fingerprint density at radius 1 is 1.21 bits per heavy atom. The lowest BCUT2D eigenvalue weighted by molar-refractivity contribution is -0.136. The van der Waals surface area contributed by atoms with Crippen LogP contribution in [0.15, 0.2) is 36.5 Å². The van der Waals surface area contributed by atoms with Crippen LogP contribution in [-0.4, -0.2) is 11.1 Å². The third kappa shape index (κ3) is 10.3. The second kappa shape index (κ2) is 10.6. The summed E-state index contributed by atoms with van der Waals surface area (Å²) in [6, 6.07) is 0. The van der Waals surface area contributed by atoms with Crippen LogP contribution >= 0.6 is 0 Å². The summed E-state index contributed by atoms with van der Waals surface area (Å²) in [5.41, 5.74) is 0.987. The molecule has 0 radical (unpaired) electrons. The first-order chi connectivity index (χ1) is 8.97. The highest BCUT2D eigenvalue weighted by Gasteiger charge is 2.05. The smallest absolute Gasteiger partial charge is 0.303 e. The fourth-order valence-electron chi connectivity index (χ4n) is 1.67. The lowest BCUT2D eigenvalue weighted by Crippen LogP contribution is -2.00. The molecule has 0 aliphatic heterocycles. The van der Waals surface area contributed by atoms with Gasteiger partial charge in [0.2, 0.25) is 0 Å². The average molecular weight is 264 g/mol. The Bertz CT molecular complexity index is 326. The number of hydrogen-bond acceptors (Lipinski definition) is 1. The SMILES string of the molecule is C=C(CCC(=O)O)[C@H](C)/C=C/[C@H](C)/C=C/CCCC. The molecule has 0 fully saturated rings. The Morgan fingerprint density at radius 3 is 2.47 bits per heavy atom. The molecule has 2 atom stereocenters. The molecule has 0 aromatic heterocycles. The van der Waals surface area contributed by atoms with Crippen LogP contribution in [0.1, 0.15) is 52.9 Å². The Labute approximate surface area is 117 Å². The largest absolute Gasteiger partial charge is 0.481 e. The number of hydrogen-bond donors (Lipinski definition) is 1. The lowest BCUT2D eigenvalue weighted by atomic mass is 9.96. The maximum absolute atomic E-state index is 10.5. The van der Waals surface area contributed by atoms with E-state index in [0.717, 1.165) is 12.0 Å². The Kier molecular flexibility index (Phi) is 9.87. The molecule has 0 aromatic rings. The second-order valence-corrected chi connectivity index (χ2v) is 5.16. The molecular formula is C17H28O2. The van der Waals surface area contributed by atoms with E-state index in [4.69, 9.17) is 5.11 Å². The van der Waals surface area contributed by atoms with Crippen LogP contribution in [0.2, 0.25) is 0 Å². The van der Waals surface area contributed by atoms with Crippen molar-refractivity contribution in [2.24, 2.45) is 11.8 Å². The number of carboxylic acid groups (broad SMARTS) is 1. The molecule has 0 saturated heterocycles. The molecule has 0 heterocycles. The summed E-state index contributed by atoms with van der Waals surface area (Å²) in [6.07, 6.45) is 13.1. The van der Waals surface area contributed by atoms with Crippen molar-refractivity contribution in [3.05, 3.63) is 36.5 Å². The molecular weight excluding hydrogens is 236 g/mol. The van der Waals surface area contributed by atoms with Gasteiger partial charge >= 0.3 is 5.97 Å². The normalized spacial score (nSPS) is 14.9. The van der Waals surface area contributed by atoms with Gasteiger partial charge < -0.3 is 5.11 Å². The quantitative estimate of drug-likeness (QED) is 0.446. The molecule has 2 heteroatoms. The minimum Gasteiger partial charge on any atom is -0.481 e. The van der Waals surface area contributed by atoms with Crippen LogP contribution in [0.5, 0.6) is 0 Å². The van der Waals surface area contributed by atoms with Crippen molar-refractivity contribution in [1.29, 1.82) is 0 Å². The van der Waals surface area contributed by atoms with Gasteiger partial charge in [0, 0.05) is 6.42 Å². The minimum atomic E-state index is -0.760. The van der Waals surface area contributed by atoms with Crippen LogP contribution in [-0.2, 0) is 4.79 Å². The number of rotatable bonds is 10. The van der Waals surface area contributed by atoms with Crippen LogP contribution in [0, 0.1) is 11.8 Å². The third-order valence-electron chi connectivity index (χ3n) is 3.17. The van der Waals surface area contributed by atoms with Crippen molar-refractivity contribution >= 4 is 5.97 Å². The van der Waals surface area contributed by atoms with Gasteiger partial charge in [0.1, 0.15) is 0 Å². The molecule has 0 aliphatic carbocycles. The fraction of sp³-hybridized carbons (Fsp3) is 0.588. The van der Waals surface area contributed by atoms with Gasteiger partial charge in [-0.1, -0.05) is 70.1 Å². The zero-order valence-corrected chi connectivity index (χ0v) is 12.6. The van der Waals surface area contributed by atoms with Crippen molar-refractivity contribution < 1.29 is 9.90 Å². The second-order valence-electron chi connectivity index (χ2n) is 5.16. The standard InChI is InChI=1S/C17H28O2/c1-5-6-7-8-9-14(2)10-11-15(3)16(4)12-13-17(18)19/h8-11,14-15H,4-7,12-13H2,1-3H3,(H,18,19)/b9-8+,11-10+/t14-,15-/m1/s1. The van der Waals surface area contributed by atoms with Gasteiger partial charge in [-0.3, -0.25) is 4.79 Å². The Balaban J connectivity index is 4.05. The summed E-state index contributed by atoms with van der Waals surface area (Å²) in [6.45, 7) is 10.4. The predicted octanol–water partition coefficient (Wildman–Crippen LogP) is 4.98. The van der Waals surface area contributed by atoms with Gasteiger partial charge in [-0.25, -0.2) is 0 Å². The average Bonchev–Trinajstić information content (AvgIpc) is 2.38. The molecule has 0 saturated carbocycles. The van der Waals surface area contributed by atoms with Crippen molar-refractivity contribution in [1.82, 2.24) is 0 Å². The summed E-state index contributed by atoms with van der Waals surface area (Å²) in [7, 11) is 0. The number of carboxylic acids is 1. The van der Waals surface area contributed by atoms with E-state index in [1.807, 2.05) is 0 Å². The molecule has 2 nitrogen and oxygen atoms in total. The topological polar surface area (TPSA) is 37.3 Å². The van der Waals surface area contributed by atoms with Crippen molar-refractivity contribution in [2.75, 3.05) is 0 Å². The molecule has 108 valence electrons. The minimum absolute atomic E-state index is 0.170. The zero-order valence-electron chi connectivity index (χ0n) is 12.6. The summed E-state index contributed by atoms with van der Waals surface area (Å²) in [4.78, 5) is 10.5. The van der Waals surface area contributed by atoms with E-state index in [9.17, 15) is 4.79 Å². The first-order valence-electron chi connectivity index (χ1n) is 7.21. The van der Waals surface area contributed by atoms with E-state index in [2.05, 4.69) is 51.7 Å². The van der Waals surface area contributed by atoms with Crippen LogP contribution in [0.4, 0.5) is 0 Å². The van der Waals surface area contributed by atoms with E-state index in [1.54, 1.807) is 0 Å². The van der Waals surface area contributed by atoms with E-state index < -0.39 is 5.97 Å². The van der Waals surface area contributed by atoms with Gasteiger partial charge in [0.05, 0.1) is 0 Å². The van der Waals surface area contributed by atoms with Crippen molar-refractivity contribution in [3.8, 4) is 0 Å². The summed E-state index contributed by atoms with van der Waals surface area (Å²) in [5, 5.41) is 8.63. The maximum Gasteiger partial charge on any atom is 0.303 e. The monoisotopic (exact) mass is 264 g/mol. The zero-order chi connectivity index (χ0) is 14.7. The van der Waals surface area contributed by atoms with Crippen LogP contribution < -0.4 is 0 Å². The Morgan fingerprint density at radius 2 is 1.89 bits per heavy atom. The van der Waals surface area contributed by atoms with E-state index in [-0.39, 0.29) is 12.3 Å². The van der Waals surface area contributed by atoms with E-state index in [1.165, 1.54) is 12.8 Å². The van der Waals surface area contributed by atoms with Crippen molar-refractivity contribution in [3.63, 3.8) is 0 Å². The third-order valence-corrected chi connectivity index (χ3v) is 3.17. The van der Waals surface area contributed by atoms with Gasteiger partial charge in [-0.2, -0.15) is 0 Å². The molecule has 19 heavy (non-hydrogen) atoms. The highest BCUT2D eigenvalue weighted by atomic mass is 16.4. The number of carbonyl (C=O) groups is 1. The molecule has 0 aromatic carbocycles. The molecule has 0 aliphatic rings. The first kappa shape index (κ1) is 17.7. The van der Waals surface area contributed by atoms with Gasteiger partial charge in [-0.05, 0) is 24.7 Å². The van der Waals surface area contributed by atoms with Crippen LogP contribution in [0.25, 0.3) is 0 Å². The highest BCUT2D eigenvalue weighted by molar-refractivity contribution is 5.67. The van der Waals surface area contributed by atoms with E-state index >= 15 is 0 Å². The number of allylic oxidation sites excluding steroid dienone is 5. The van der Waals surface area contributed by atoms with Crippen LogP contribution in [0.3, 0.4) is 0 Å². The summed E-state index contributed by atoms with van der Waals surface area (Å²) in [5.74, 6) is -0.0954. The highest BCUT2D eigenvalue weighted by Crippen LogP contribution is 2.17. The molecule has 1 N–H and O–H groups in total. The fourth-order valence-corrected chi connectivity index (χ4v) is 1.67. The predicted molar refractivity (Wildman–Crippen MR) is 82.1 cm³/mol. The molecule has 0 spiro atoms. The van der Waals surface area contributed by atoms with Crippen molar-refractivity contribution in [2.45, 2.75) is 52.9 Å². The molecule has 0 amide bonds. The molecule has 0 bridgehead atoms. The summed E-state index contributed by atoms with van der Waals surface area (Å²) < 4.78 is 0. The van der Waals surface area contributed by atoms with Gasteiger partial charge in [0.15, 0.2) is 0 Å². The van der Waals surface area contributed by atoms with Gasteiger partial charge in [-0.15, -0.1) is 0 Å². The number of aliphatic carboxylic acids is 1. The Hall–Kier alpha value is -1.31. The number of unbranched alkanes of at least 4 members (excludes halogenated alkanes) is 2. The maximum atomic E-state index is 10.5. The molecule has 0 unspecified atom stereocenters. The van der Waals surface area contributed by atoms with E-state index in [0.29, 0.717) is 12.3 Å². The summed E-state index contributed by atoms with van der Waals surface area (Å²) >= 11 is 0.